The van der Waals surface area contributed by atoms with E-state index in [-0.39, 0.29) is 24.1 Å². The third kappa shape index (κ3) is 7.48. The van der Waals surface area contributed by atoms with Gasteiger partial charge in [0.2, 0.25) is 5.91 Å². The number of para-hydroxylation sites is 1. The smallest absolute Gasteiger partial charge is 0.220 e. The van der Waals surface area contributed by atoms with Crippen molar-refractivity contribution in [2.75, 3.05) is 39.4 Å². The summed E-state index contributed by atoms with van der Waals surface area (Å²) in [4.78, 5) is 15.8. The number of fused-ring (bicyclic) bond motifs is 1. The van der Waals surface area contributed by atoms with Crippen LogP contribution in [0.25, 0.3) is 10.9 Å². The number of carbonyl (C=O) groups excluding carboxylic acids is 1. The minimum Gasteiger partial charge on any atom is -0.457 e. The maximum Gasteiger partial charge on any atom is 0.220 e. The van der Waals surface area contributed by atoms with Gasteiger partial charge in [-0.3, -0.25) is 9.69 Å². The molecule has 6 nitrogen and oxygen atoms in total. The summed E-state index contributed by atoms with van der Waals surface area (Å²) >= 11 is 6.07. The molecular weight excluding hydrogens is 577 g/mol. The van der Waals surface area contributed by atoms with Gasteiger partial charge < -0.3 is 19.4 Å². The summed E-state index contributed by atoms with van der Waals surface area (Å²) in [7, 11) is 0. The van der Waals surface area contributed by atoms with E-state index in [1.54, 1.807) is 24.3 Å². The number of benzene rings is 4. The van der Waals surface area contributed by atoms with Crippen molar-refractivity contribution in [2.45, 2.75) is 18.9 Å². The Morgan fingerprint density at radius 3 is 2.50 bits per heavy atom. The first kappa shape index (κ1) is 29.9. The molecular formula is C36H35ClFN3O3. The van der Waals surface area contributed by atoms with Gasteiger partial charge in [-0.15, -0.1) is 0 Å². The van der Waals surface area contributed by atoms with Gasteiger partial charge in [0.1, 0.15) is 17.3 Å². The van der Waals surface area contributed by atoms with Crippen LogP contribution in [0.1, 0.15) is 29.0 Å². The molecule has 1 saturated heterocycles. The molecule has 2 heterocycles. The minimum absolute atomic E-state index is 0.0114. The van der Waals surface area contributed by atoms with Gasteiger partial charge in [0, 0.05) is 67.2 Å². The van der Waals surface area contributed by atoms with Crippen LogP contribution in [0.4, 0.5) is 4.39 Å². The molecule has 1 N–H and O–H groups in total. The lowest BCUT2D eigenvalue weighted by molar-refractivity contribution is -0.121. The molecule has 5 aromatic rings. The van der Waals surface area contributed by atoms with Crippen LogP contribution in [0.3, 0.4) is 0 Å². The highest BCUT2D eigenvalue weighted by Crippen LogP contribution is 2.37. The van der Waals surface area contributed by atoms with Crippen molar-refractivity contribution in [3.05, 3.63) is 131 Å². The number of halogens is 2. The number of hydrogen-bond donors (Lipinski definition) is 1. The Morgan fingerprint density at radius 1 is 0.932 bits per heavy atom. The Bertz CT molecular complexity index is 1700. The molecule has 0 saturated carbocycles. The molecule has 1 unspecified atom stereocenters. The summed E-state index contributed by atoms with van der Waals surface area (Å²) in [6.07, 6.45) is 2.41. The van der Waals surface area contributed by atoms with Crippen molar-refractivity contribution in [3.8, 4) is 11.5 Å². The second kappa shape index (κ2) is 14.1. The number of nitrogens with one attached hydrogen (secondary N) is 1. The summed E-state index contributed by atoms with van der Waals surface area (Å²) in [5, 5.41) is 4.87. The molecule has 4 aromatic carbocycles. The molecule has 1 aliphatic heterocycles. The molecule has 6 rings (SSSR count). The predicted octanol–water partition coefficient (Wildman–Crippen LogP) is 7.24. The van der Waals surface area contributed by atoms with E-state index in [1.807, 2.05) is 48.5 Å². The standard InChI is InChI=1S/C36H35ClFN3O3/c37-28-10-14-30(15-11-28)44-31-5-3-4-27(22-31)33(23-36(42)39-16-17-40-18-20-43-21-19-40)34-25-41(35-7-2-1-6-32(34)35)24-26-8-12-29(38)13-9-26/h1-15,22,25,33H,16-21,23-24H2,(H,39,42). The number of hydrogen-bond acceptors (Lipinski definition) is 4. The number of amides is 1. The average molecular weight is 612 g/mol. The number of aromatic nitrogens is 1. The molecule has 1 aliphatic rings. The predicted molar refractivity (Wildman–Crippen MR) is 172 cm³/mol. The third-order valence-electron chi connectivity index (χ3n) is 8.01. The van der Waals surface area contributed by atoms with E-state index in [2.05, 4.69) is 33.1 Å². The van der Waals surface area contributed by atoms with Crippen LogP contribution < -0.4 is 10.1 Å². The molecule has 0 bridgehead atoms. The van der Waals surface area contributed by atoms with Crippen LogP contribution >= 0.6 is 11.6 Å². The number of carbonyl (C=O) groups is 1. The van der Waals surface area contributed by atoms with E-state index < -0.39 is 0 Å². The van der Waals surface area contributed by atoms with Gasteiger partial charge in [0.25, 0.3) is 0 Å². The molecule has 1 fully saturated rings. The lowest BCUT2D eigenvalue weighted by Gasteiger charge is -2.26. The maximum atomic E-state index is 13.6. The van der Waals surface area contributed by atoms with Gasteiger partial charge >= 0.3 is 0 Å². The first-order valence-corrected chi connectivity index (χ1v) is 15.3. The fourth-order valence-corrected chi connectivity index (χ4v) is 5.87. The quantitative estimate of drug-likeness (QED) is 0.171. The van der Waals surface area contributed by atoms with E-state index in [0.29, 0.717) is 29.6 Å². The van der Waals surface area contributed by atoms with E-state index in [1.165, 1.54) is 12.1 Å². The molecule has 44 heavy (non-hydrogen) atoms. The summed E-state index contributed by atoms with van der Waals surface area (Å²) in [6.45, 7) is 5.18. The van der Waals surface area contributed by atoms with Gasteiger partial charge in [0.05, 0.1) is 13.2 Å². The Kier molecular flexibility index (Phi) is 9.56. The number of rotatable bonds is 11. The molecule has 0 aliphatic carbocycles. The summed E-state index contributed by atoms with van der Waals surface area (Å²) in [5.74, 6) is 0.860. The summed E-state index contributed by atoms with van der Waals surface area (Å²) in [6, 6.07) is 30.0. The monoisotopic (exact) mass is 611 g/mol. The van der Waals surface area contributed by atoms with Crippen molar-refractivity contribution in [2.24, 2.45) is 0 Å². The van der Waals surface area contributed by atoms with Crippen molar-refractivity contribution in [3.63, 3.8) is 0 Å². The van der Waals surface area contributed by atoms with Crippen LogP contribution in [0, 0.1) is 5.82 Å². The molecule has 1 aromatic heterocycles. The van der Waals surface area contributed by atoms with E-state index in [4.69, 9.17) is 21.1 Å². The van der Waals surface area contributed by atoms with Gasteiger partial charge in [-0.1, -0.05) is 54.1 Å². The highest BCUT2D eigenvalue weighted by Gasteiger charge is 2.24. The fourth-order valence-electron chi connectivity index (χ4n) is 5.75. The van der Waals surface area contributed by atoms with Crippen molar-refractivity contribution >= 4 is 28.4 Å². The van der Waals surface area contributed by atoms with Gasteiger partial charge in [-0.05, 0) is 71.3 Å². The zero-order valence-corrected chi connectivity index (χ0v) is 25.2. The Morgan fingerprint density at radius 2 is 1.70 bits per heavy atom. The molecule has 0 radical (unpaired) electrons. The summed E-state index contributed by atoms with van der Waals surface area (Å²) < 4.78 is 27.4. The minimum atomic E-state index is -0.257. The molecule has 1 amide bonds. The van der Waals surface area contributed by atoms with E-state index in [9.17, 15) is 9.18 Å². The molecule has 0 spiro atoms. The third-order valence-corrected chi connectivity index (χ3v) is 8.27. The number of morpholine rings is 1. The summed E-state index contributed by atoms with van der Waals surface area (Å²) in [5.41, 5.74) is 4.08. The Labute approximate surface area is 262 Å². The number of ether oxygens (including phenoxy) is 2. The Balaban J connectivity index is 1.30. The molecule has 226 valence electrons. The van der Waals surface area contributed by atoms with Crippen molar-refractivity contribution in [1.82, 2.24) is 14.8 Å². The van der Waals surface area contributed by atoms with Crippen LogP contribution in [-0.4, -0.2) is 54.8 Å². The zero-order chi connectivity index (χ0) is 30.3. The van der Waals surface area contributed by atoms with Gasteiger partial charge in [-0.25, -0.2) is 4.39 Å². The van der Waals surface area contributed by atoms with Gasteiger partial charge in [-0.2, -0.15) is 0 Å². The second-order valence-corrected chi connectivity index (χ2v) is 11.5. The topological polar surface area (TPSA) is 55.7 Å². The largest absolute Gasteiger partial charge is 0.457 e. The lowest BCUT2D eigenvalue weighted by Crippen LogP contribution is -2.41. The van der Waals surface area contributed by atoms with Crippen LogP contribution in [-0.2, 0) is 16.1 Å². The SMILES string of the molecule is O=C(CC(c1cccc(Oc2ccc(Cl)cc2)c1)c1cn(Cc2ccc(F)cc2)c2ccccc12)NCCN1CCOCC1. The zero-order valence-electron chi connectivity index (χ0n) is 24.4. The first-order valence-electron chi connectivity index (χ1n) is 14.9. The second-order valence-electron chi connectivity index (χ2n) is 11.0. The lowest BCUT2D eigenvalue weighted by atomic mass is 9.88. The average Bonchev–Trinajstić information content (AvgIpc) is 3.40. The molecule has 1 atom stereocenters. The first-order chi connectivity index (χ1) is 21.5. The van der Waals surface area contributed by atoms with E-state index >= 15 is 0 Å². The van der Waals surface area contributed by atoms with Crippen LogP contribution in [0.5, 0.6) is 11.5 Å². The highest BCUT2D eigenvalue weighted by molar-refractivity contribution is 6.30. The molecule has 8 heteroatoms. The Hall–Kier alpha value is -4.17. The number of nitrogens with zero attached hydrogens (tertiary/aromatic N) is 2. The normalized spacial score (nSPS) is 14.4. The fraction of sp³-hybridized carbons (Fsp3) is 0.250. The van der Waals surface area contributed by atoms with Gasteiger partial charge in [0.15, 0.2) is 0 Å². The van der Waals surface area contributed by atoms with Crippen molar-refractivity contribution in [1.29, 1.82) is 0 Å². The maximum absolute atomic E-state index is 13.6. The van der Waals surface area contributed by atoms with E-state index in [0.717, 1.165) is 60.4 Å². The van der Waals surface area contributed by atoms with Crippen LogP contribution in [0.2, 0.25) is 5.02 Å². The van der Waals surface area contributed by atoms with Crippen LogP contribution in [0.15, 0.2) is 103 Å². The van der Waals surface area contributed by atoms with Crippen molar-refractivity contribution < 1.29 is 18.7 Å². The highest BCUT2D eigenvalue weighted by atomic mass is 35.5.